The third kappa shape index (κ3) is 4.12. The van der Waals surface area contributed by atoms with Gasteiger partial charge in [0.05, 0.1) is 5.69 Å². The summed E-state index contributed by atoms with van der Waals surface area (Å²) in [4.78, 5) is 37.4. The van der Waals surface area contributed by atoms with Gasteiger partial charge in [-0.2, -0.15) is 0 Å². The number of nitrogens with one attached hydrogen (secondary N) is 2. The number of amides is 3. The second kappa shape index (κ2) is 7.99. The van der Waals surface area contributed by atoms with Gasteiger partial charge in [-0.1, -0.05) is 6.92 Å². The van der Waals surface area contributed by atoms with Crippen LogP contribution in [-0.2, 0) is 14.4 Å². The topological polar surface area (TPSA) is 78.5 Å². The molecule has 3 rings (SSSR count). The second-order valence-corrected chi connectivity index (χ2v) is 7.46. The van der Waals surface area contributed by atoms with Crippen LogP contribution in [0, 0.1) is 18.8 Å². The van der Waals surface area contributed by atoms with E-state index in [0.717, 1.165) is 18.7 Å². The lowest BCUT2D eigenvalue weighted by molar-refractivity contribution is -0.121. The molecule has 140 valence electrons. The predicted octanol–water partition coefficient (Wildman–Crippen LogP) is 2.61. The van der Waals surface area contributed by atoms with Gasteiger partial charge in [0.15, 0.2) is 0 Å². The van der Waals surface area contributed by atoms with Crippen LogP contribution in [0.15, 0.2) is 18.2 Å². The molecule has 2 fully saturated rings. The molecule has 1 aromatic carbocycles. The van der Waals surface area contributed by atoms with Crippen molar-refractivity contribution in [3.05, 3.63) is 23.8 Å². The van der Waals surface area contributed by atoms with Crippen LogP contribution >= 0.6 is 0 Å². The van der Waals surface area contributed by atoms with Gasteiger partial charge in [0.25, 0.3) is 0 Å². The van der Waals surface area contributed by atoms with Crippen LogP contribution in [-0.4, -0.2) is 30.8 Å². The second-order valence-electron chi connectivity index (χ2n) is 7.46. The fourth-order valence-corrected chi connectivity index (χ4v) is 3.86. The van der Waals surface area contributed by atoms with Gasteiger partial charge >= 0.3 is 0 Å². The zero-order chi connectivity index (χ0) is 18.7. The molecule has 1 aromatic rings. The Morgan fingerprint density at radius 2 is 2.04 bits per heavy atom. The fourth-order valence-electron chi connectivity index (χ4n) is 3.86. The molecule has 2 unspecified atom stereocenters. The van der Waals surface area contributed by atoms with E-state index in [9.17, 15) is 14.4 Å². The highest BCUT2D eigenvalue weighted by atomic mass is 16.2. The van der Waals surface area contributed by atoms with E-state index in [-0.39, 0.29) is 30.6 Å². The summed E-state index contributed by atoms with van der Waals surface area (Å²) in [5.74, 6) is 0.562. The van der Waals surface area contributed by atoms with Crippen LogP contribution in [0.4, 0.5) is 11.4 Å². The van der Waals surface area contributed by atoms with E-state index >= 15 is 0 Å². The van der Waals surface area contributed by atoms with Crippen molar-refractivity contribution in [3.63, 3.8) is 0 Å². The number of aryl methyl sites for hydroxylation is 1. The van der Waals surface area contributed by atoms with Crippen molar-refractivity contribution in [2.45, 2.75) is 46.0 Å². The number of imide groups is 1. The number of anilines is 2. The van der Waals surface area contributed by atoms with Crippen LogP contribution in [0.2, 0.25) is 0 Å². The summed E-state index contributed by atoms with van der Waals surface area (Å²) in [5, 5.41) is 6.34. The van der Waals surface area contributed by atoms with E-state index in [0.29, 0.717) is 29.6 Å². The van der Waals surface area contributed by atoms with Crippen molar-refractivity contribution < 1.29 is 14.4 Å². The molecule has 2 atom stereocenters. The molecule has 2 saturated heterocycles. The molecule has 0 aromatic heterocycles. The van der Waals surface area contributed by atoms with E-state index in [4.69, 9.17) is 0 Å². The largest absolute Gasteiger partial charge is 0.326 e. The lowest BCUT2D eigenvalue weighted by Crippen LogP contribution is -2.34. The van der Waals surface area contributed by atoms with Crippen molar-refractivity contribution in [2.24, 2.45) is 11.8 Å². The molecule has 26 heavy (non-hydrogen) atoms. The number of benzene rings is 1. The molecule has 3 amide bonds. The lowest BCUT2D eigenvalue weighted by atomic mass is 9.85. The highest BCUT2D eigenvalue weighted by molar-refractivity contribution is 6.20. The van der Waals surface area contributed by atoms with Gasteiger partial charge in [0, 0.05) is 24.9 Å². The highest BCUT2D eigenvalue weighted by Crippen LogP contribution is 2.29. The molecule has 6 nitrogen and oxygen atoms in total. The Hall–Kier alpha value is -2.21. The maximum Gasteiger partial charge on any atom is 0.234 e. The molecule has 2 aliphatic rings. The van der Waals surface area contributed by atoms with E-state index < -0.39 is 0 Å². The Kier molecular flexibility index (Phi) is 5.71. The standard InChI is InChI=1S/C20H27N3O3/c1-13(15-4-3-9-21-12-15)11-18(24)22-16-5-6-17(14(2)10-16)23-19(25)7-8-20(23)26/h5-6,10,13,15,21H,3-4,7-9,11-12H2,1-2H3,(H,22,24). The van der Waals surface area contributed by atoms with E-state index in [1.807, 2.05) is 13.0 Å². The summed E-state index contributed by atoms with van der Waals surface area (Å²) in [7, 11) is 0. The summed E-state index contributed by atoms with van der Waals surface area (Å²) in [5.41, 5.74) is 2.11. The highest BCUT2D eigenvalue weighted by Gasteiger charge is 2.31. The Bertz CT molecular complexity index is 694. The summed E-state index contributed by atoms with van der Waals surface area (Å²) < 4.78 is 0. The Morgan fingerprint density at radius 1 is 1.31 bits per heavy atom. The number of rotatable bonds is 5. The van der Waals surface area contributed by atoms with Gasteiger partial charge in [0.2, 0.25) is 17.7 Å². The van der Waals surface area contributed by atoms with Crippen molar-refractivity contribution in [1.29, 1.82) is 0 Å². The van der Waals surface area contributed by atoms with Gasteiger partial charge in [-0.15, -0.1) is 0 Å². The zero-order valence-electron chi connectivity index (χ0n) is 15.5. The third-order valence-electron chi connectivity index (χ3n) is 5.42. The smallest absolute Gasteiger partial charge is 0.234 e. The molecule has 0 saturated carbocycles. The molecule has 0 bridgehead atoms. The maximum absolute atomic E-state index is 12.4. The number of hydrogen-bond acceptors (Lipinski definition) is 4. The van der Waals surface area contributed by atoms with Crippen LogP contribution in [0.1, 0.15) is 44.6 Å². The van der Waals surface area contributed by atoms with Gasteiger partial charge in [-0.3, -0.25) is 19.3 Å². The number of hydrogen-bond donors (Lipinski definition) is 2. The minimum atomic E-state index is -0.162. The molecular weight excluding hydrogens is 330 g/mol. The lowest BCUT2D eigenvalue weighted by Gasteiger charge is -2.28. The Balaban J connectivity index is 1.61. The quantitative estimate of drug-likeness (QED) is 0.794. The van der Waals surface area contributed by atoms with E-state index in [1.165, 1.54) is 17.7 Å². The van der Waals surface area contributed by atoms with E-state index in [1.54, 1.807) is 12.1 Å². The summed E-state index contributed by atoms with van der Waals surface area (Å²) in [6.07, 6.45) is 3.38. The van der Waals surface area contributed by atoms with Crippen molar-refractivity contribution in [3.8, 4) is 0 Å². The molecule has 0 spiro atoms. The van der Waals surface area contributed by atoms with Crippen LogP contribution < -0.4 is 15.5 Å². The monoisotopic (exact) mass is 357 g/mol. The molecular formula is C20H27N3O3. The van der Waals surface area contributed by atoms with Crippen LogP contribution in [0.25, 0.3) is 0 Å². The SMILES string of the molecule is Cc1cc(NC(=O)CC(C)C2CCCNC2)ccc1N1C(=O)CCC1=O. The average Bonchev–Trinajstić information content (AvgIpc) is 2.94. The number of carbonyl (C=O) groups excluding carboxylic acids is 3. The van der Waals surface area contributed by atoms with Crippen LogP contribution in [0.3, 0.4) is 0 Å². The minimum Gasteiger partial charge on any atom is -0.326 e. The Morgan fingerprint density at radius 3 is 2.65 bits per heavy atom. The molecule has 2 heterocycles. The molecule has 2 aliphatic heterocycles. The first-order chi connectivity index (χ1) is 12.5. The average molecular weight is 357 g/mol. The minimum absolute atomic E-state index is 0.00329. The summed E-state index contributed by atoms with van der Waals surface area (Å²) in [6.45, 7) is 6.04. The van der Waals surface area contributed by atoms with Gasteiger partial charge < -0.3 is 10.6 Å². The molecule has 0 radical (unpaired) electrons. The number of piperidine rings is 1. The number of nitrogens with zero attached hydrogens (tertiary/aromatic N) is 1. The predicted molar refractivity (Wildman–Crippen MR) is 101 cm³/mol. The van der Waals surface area contributed by atoms with Crippen molar-refractivity contribution in [2.75, 3.05) is 23.3 Å². The first-order valence-electron chi connectivity index (χ1n) is 9.42. The zero-order valence-corrected chi connectivity index (χ0v) is 15.5. The first-order valence-corrected chi connectivity index (χ1v) is 9.42. The molecule has 2 N–H and O–H groups in total. The van der Waals surface area contributed by atoms with Crippen molar-refractivity contribution in [1.82, 2.24) is 5.32 Å². The normalized spacial score (nSPS) is 21.8. The first kappa shape index (κ1) is 18.6. The number of carbonyl (C=O) groups is 3. The fraction of sp³-hybridized carbons (Fsp3) is 0.550. The van der Waals surface area contributed by atoms with Gasteiger partial charge in [0.1, 0.15) is 0 Å². The van der Waals surface area contributed by atoms with Crippen molar-refractivity contribution >= 4 is 29.1 Å². The summed E-state index contributed by atoms with van der Waals surface area (Å²) in [6, 6.07) is 5.31. The van der Waals surface area contributed by atoms with Gasteiger partial charge in [-0.25, -0.2) is 0 Å². The van der Waals surface area contributed by atoms with Crippen LogP contribution in [0.5, 0.6) is 0 Å². The summed E-state index contributed by atoms with van der Waals surface area (Å²) >= 11 is 0. The molecule has 0 aliphatic carbocycles. The van der Waals surface area contributed by atoms with E-state index in [2.05, 4.69) is 17.6 Å². The maximum atomic E-state index is 12.4. The van der Waals surface area contributed by atoms with Gasteiger partial charge in [-0.05, 0) is 68.5 Å². The molecule has 6 heteroatoms. The third-order valence-corrected chi connectivity index (χ3v) is 5.42. The Labute approximate surface area is 154 Å².